The van der Waals surface area contributed by atoms with E-state index in [4.69, 9.17) is 10.5 Å². The molecule has 1 aromatic rings. The van der Waals surface area contributed by atoms with Crippen LogP contribution in [0.25, 0.3) is 0 Å². The largest absolute Gasteiger partial charge is 0.493 e. The molecule has 2 N–H and O–H groups in total. The third-order valence-electron chi connectivity index (χ3n) is 2.61. The fourth-order valence-corrected chi connectivity index (χ4v) is 1.55. The lowest BCUT2D eigenvalue weighted by atomic mass is 10.1. The van der Waals surface area contributed by atoms with E-state index in [1.54, 1.807) is 0 Å². The van der Waals surface area contributed by atoms with Crippen LogP contribution in [-0.4, -0.2) is 6.61 Å². The van der Waals surface area contributed by atoms with E-state index in [1.165, 1.54) is 5.56 Å². The molecule has 0 heterocycles. The number of nitrogens with two attached hydrogens (primary N) is 1. The molecular formula is C14H23NO. The third kappa shape index (κ3) is 3.86. The molecule has 1 aromatic carbocycles. The highest BCUT2D eigenvalue weighted by Gasteiger charge is 2.08. The van der Waals surface area contributed by atoms with Crippen LogP contribution < -0.4 is 10.5 Å². The van der Waals surface area contributed by atoms with Crippen LogP contribution in [0, 0.1) is 12.8 Å². The van der Waals surface area contributed by atoms with Crippen molar-refractivity contribution in [3.05, 3.63) is 29.3 Å². The Hall–Kier alpha value is -1.02. The second-order valence-electron chi connectivity index (χ2n) is 4.86. The summed E-state index contributed by atoms with van der Waals surface area (Å²) in [6.45, 7) is 9.22. The maximum Gasteiger partial charge on any atom is 0.124 e. The van der Waals surface area contributed by atoms with Crippen LogP contribution in [0.15, 0.2) is 18.2 Å². The van der Waals surface area contributed by atoms with Crippen molar-refractivity contribution >= 4 is 0 Å². The van der Waals surface area contributed by atoms with E-state index >= 15 is 0 Å². The van der Waals surface area contributed by atoms with Crippen molar-refractivity contribution in [3.8, 4) is 5.75 Å². The third-order valence-corrected chi connectivity index (χ3v) is 2.61. The first-order valence-electron chi connectivity index (χ1n) is 5.99. The second kappa shape index (κ2) is 5.90. The summed E-state index contributed by atoms with van der Waals surface area (Å²) in [7, 11) is 0. The van der Waals surface area contributed by atoms with Gasteiger partial charge in [-0.15, -0.1) is 0 Å². The van der Waals surface area contributed by atoms with E-state index in [1.807, 2.05) is 6.92 Å². The van der Waals surface area contributed by atoms with Crippen LogP contribution in [0.1, 0.15) is 44.4 Å². The maximum absolute atomic E-state index is 5.92. The van der Waals surface area contributed by atoms with Crippen molar-refractivity contribution < 1.29 is 4.74 Å². The van der Waals surface area contributed by atoms with Gasteiger partial charge in [-0.1, -0.05) is 26.0 Å². The highest BCUT2D eigenvalue weighted by atomic mass is 16.5. The van der Waals surface area contributed by atoms with Gasteiger partial charge in [-0.2, -0.15) is 0 Å². The van der Waals surface area contributed by atoms with E-state index in [2.05, 4.69) is 39.0 Å². The Bertz CT molecular complexity index is 332. The van der Waals surface area contributed by atoms with Crippen LogP contribution in [-0.2, 0) is 0 Å². The summed E-state index contributed by atoms with van der Waals surface area (Å²) in [5.41, 5.74) is 8.22. The number of hydrogen-bond donors (Lipinski definition) is 1. The Labute approximate surface area is 98.8 Å². The zero-order valence-electron chi connectivity index (χ0n) is 10.8. The Morgan fingerprint density at radius 1 is 1.25 bits per heavy atom. The molecular weight excluding hydrogens is 198 g/mol. The van der Waals surface area contributed by atoms with Gasteiger partial charge in [-0.25, -0.2) is 0 Å². The van der Waals surface area contributed by atoms with Gasteiger partial charge in [-0.05, 0) is 37.8 Å². The van der Waals surface area contributed by atoms with Crippen molar-refractivity contribution in [2.75, 3.05) is 6.61 Å². The van der Waals surface area contributed by atoms with E-state index < -0.39 is 0 Å². The van der Waals surface area contributed by atoms with Gasteiger partial charge in [0, 0.05) is 11.6 Å². The summed E-state index contributed by atoms with van der Waals surface area (Å²) in [5, 5.41) is 0. The van der Waals surface area contributed by atoms with Crippen molar-refractivity contribution in [3.63, 3.8) is 0 Å². The molecule has 0 radical (unpaired) electrons. The van der Waals surface area contributed by atoms with Gasteiger partial charge in [0.1, 0.15) is 5.75 Å². The molecule has 0 aliphatic carbocycles. The monoisotopic (exact) mass is 221 g/mol. The normalized spacial score (nSPS) is 12.9. The fraction of sp³-hybridized carbons (Fsp3) is 0.571. The molecule has 0 aromatic heterocycles. The smallest absolute Gasteiger partial charge is 0.124 e. The summed E-state index contributed by atoms with van der Waals surface area (Å²) in [4.78, 5) is 0. The van der Waals surface area contributed by atoms with Gasteiger partial charge in [0.15, 0.2) is 0 Å². The van der Waals surface area contributed by atoms with E-state index in [0.29, 0.717) is 5.92 Å². The van der Waals surface area contributed by atoms with Crippen LogP contribution in [0.2, 0.25) is 0 Å². The van der Waals surface area contributed by atoms with Crippen molar-refractivity contribution in [2.24, 2.45) is 11.7 Å². The minimum atomic E-state index is 0.0228. The van der Waals surface area contributed by atoms with Gasteiger partial charge < -0.3 is 10.5 Å². The summed E-state index contributed by atoms with van der Waals surface area (Å²) in [6.07, 6.45) is 1.08. The Morgan fingerprint density at radius 2 is 1.94 bits per heavy atom. The molecule has 1 unspecified atom stereocenters. The molecule has 0 aliphatic rings. The summed E-state index contributed by atoms with van der Waals surface area (Å²) in [6, 6.07) is 6.23. The van der Waals surface area contributed by atoms with Gasteiger partial charge in [0.2, 0.25) is 0 Å². The lowest BCUT2D eigenvalue weighted by molar-refractivity contribution is 0.285. The predicted molar refractivity (Wildman–Crippen MR) is 68.7 cm³/mol. The zero-order chi connectivity index (χ0) is 12.1. The van der Waals surface area contributed by atoms with Crippen LogP contribution in [0.3, 0.4) is 0 Å². The van der Waals surface area contributed by atoms with Crippen molar-refractivity contribution in [1.82, 2.24) is 0 Å². The maximum atomic E-state index is 5.92. The molecule has 1 rings (SSSR count). The average molecular weight is 221 g/mol. The first-order valence-corrected chi connectivity index (χ1v) is 5.99. The standard InChI is InChI=1S/C14H23NO/c1-10(2)7-8-16-14-9-11(3)5-6-13(14)12(4)15/h5-6,9-10,12H,7-8,15H2,1-4H3. The van der Waals surface area contributed by atoms with Gasteiger partial charge in [0.05, 0.1) is 6.61 Å². The molecule has 0 amide bonds. The predicted octanol–water partition coefficient (Wildman–Crippen LogP) is 3.44. The average Bonchev–Trinajstić information content (AvgIpc) is 2.16. The molecule has 0 saturated heterocycles. The number of hydrogen-bond acceptors (Lipinski definition) is 2. The molecule has 0 fully saturated rings. The topological polar surface area (TPSA) is 35.2 Å². The molecule has 90 valence electrons. The first kappa shape index (κ1) is 13.0. The molecule has 0 saturated carbocycles. The zero-order valence-corrected chi connectivity index (χ0v) is 10.8. The molecule has 2 heteroatoms. The highest BCUT2D eigenvalue weighted by molar-refractivity contribution is 5.38. The van der Waals surface area contributed by atoms with Gasteiger partial charge in [-0.3, -0.25) is 0 Å². The molecule has 1 atom stereocenters. The number of benzene rings is 1. The minimum absolute atomic E-state index is 0.0228. The molecule has 0 aliphatic heterocycles. The van der Waals surface area contributed by atoms with Crippen LogP contribution in [0.4, 0.5) is 0 Å². The first-order chi connectivity index (χ1) is 7.50. The van der Waals surface area contributed by atoms with Gasteiger partial charge in [0.25, 0.3) is 0 Å². The second-order valence-corrected chi connectivity index (χ2v) is 4.86. The van der Waals surface area contributed by atoms with E-state index in [0.717, 1.165) is 24.3 Å². The number of ether oxygens (including phenoxy) is 1. The van der Waals surface area contributed by atoms with E-state index in [9.17, 15) is 0 Å². The summed E-state index contributed by atoms with van der Waals surface area (Å²) < 4.78 is 5.81. The van der Waals surface area contributed by atoms with E-state index in [-0.39, 0.29) is 6.04 Å². The fourth-order valence-electron chi connectivity index (χ4n) is 1.55. The van der Waals surface area contributed by atoms with Crippen LogP contribution >= 0.6 is 0 Å². The molecule has 0 bridgehead atoms. The lowest BCUT2D eigenvalue weighted by Gasteiger charge is -2.15. The number of aryl methyl sites for hydroxylation is 1. The molecule has 16 heavy (non-hydrogen) atoms. The quantitative estimate of drug-likeness (QED) is 0.826. The Balaban J connectivity index is 2.72. The Kier molecular flexibility index (Phi) is 4.81. The SMILES string of the molecule is Cc1ccc(C(C)N)c(OCCC(C)C)c1. The Morgan fingerprint density at radius 3 is 2.50 bits per heavy atom. The highest BCUT2D eigenvalue weighted by Crippen LogP contribution is 2.25. The summed E-state index contributed by atoms with van der Waals surface area (Å²) in [5.74, 6) is 1.61. The van der Waals surface area contributed by atoms with Crippen LogP contribution in [0.5, 0.6) is 5.75 Å². The lowest BCUT2D eigenvalue weighted by Crippen LogP contribution is -2.09. The van der Waals surface area contributed by atoms with Gasteiger partial charge >= 0.3 is 0 Å². The van der Waals surface area contributed by atoms with Crippen molar-refractivity contribution in [2.45, 2.75) is 40.2 Å². The molecule has 0 spiro atoms. The van der Waals surface area contributed by atoms with Crippen molar-refractivity contribution in [1.29, 1.82) is 0 Å². The number of rotatable bonds is 5. The summed E-state index contributed by atoms with van der Waals surface area (Å²) >= 11 is 0. The molecule has 2 nitrogen and oxygen atoms in total. The minimum Gasteiger partial charge on any atom is -0.493 e.